The number of oxime groups is 1. The minimum absolute atomic E-state index is 0.00501. The zero-order chi connectivity index (χ0) is 11.7. The van der Waals surface area contributed by atoms with Crippen LogP contribution in [0.5, 0.6) is 0 Å². The predicted octanol–water partition coefficient (Wildman–Crippen LogP) is -0.921. The van der Waals surface area contributed by atoms with Gasteiger partial charge in [-0.25, -0.2) is 13.1 Å². The highest BCUT2D eigenvalue weighted by Gasteiger charge is 2.08. The Kier molecular flexibility index (Phi) is 7.01. The molecule has 0 saturated carbocycles. The first kappa shape index (κ1) is 14.1. The average molecular weight is 239 g/mol. The van der Waals surface area contributed by atoms with Gasteiger partial charge in [-0.05, 0) is 6.42 Å². The van der Waals surface area contributed by atoms with Gasteiger partial charge in [-0.2, -0.15) is 0 Å². The molecule has 4 N–H and O–H groups in total. The molecular formula is C7H17N3O4S. The third-order valence-corrected chi connectivity index (χ3v) is 3.06. The Labute approximate surface area is 89.3 Å². The van der Waals surface area contributed by atoms with E-state index in [1.54, 1.807) is 0 Å². The van der Waals surface area contributed by atoms with Crippen LogP contribution >= 0.6 is 0 Å². The van der Waals surface area contributed by atoms with Gasteiger partial charge in [-0.1, -0.05) is 5.16 Å². The fraction of sp³-hybridized carbons (Fsp3) is 0.857. The van der Waals surface area contributed by atoms with Crippen molar-refractivity contribution in [2.75, 3.05) is 26.0 Å². The zero-order valence-corrected chi connectivity index (χ0v) is 9.46. The first-order valence-corrected chi connectivity index (χ1v) is 6.09. The van der Waals surface area contributed by atoms with Crippen LogP contribution in [0.4, 0.5) is 0 Å². The molecule has 15 heavy (non-hydrogen) atoms. The second-order valence-electron chi connectivity index (χ2n) is 2.90. The van der Waals surface area contributed by atoms with Crippen LogP contribution in [0.1, 0.15) is 12.8 Å². The summed E-state index contributed by atoms with van der Waals surface area (Å²) in [6.07, 6.45) is 0.620. The van der Waals surface area contributed by atoms with Crippen LogP contribution < -0.4 is 10.5 Å². The minimum atomic E-state index is -3.28. The number of nitrogens with zero attached hydrogens (tertiary/aromatic N) is 1. The molecule has 0 rings (SSSR count). The van der Waals surface area contributed by atoms with E-state index >= 15 is 0 Å². The summed E-state index contributed by atoms with van der Waals surface area (Å²) < 4.78 is 29.6. The molecule has 0 aliphatic carbocycles. The van der Waals surface area contributed by atoms with Crippen LogP contribution in [0.15, 0.2) is 5.16 Å². The fourth-order valence-electron chi connectivity index (χ4n) is 0.850. The van der Waals surface area contributed by atoms with Crippen LogP contribution in [0.2, 0.25) is 0 Å². The van der Waals surface area contributed by atoms with E-state index < -0.39 is 10.0 Å². The van der Waals surface area contributed by atoms with Crippen LogP contribution in [0, 0.1) is 0 Å². The summed E-state index contributed by atoms with van der Waals surface area (Å²) in [5, 5.41) is 10.9. The Morgan fingerprint density at radius 2 is 2.27 bits per heavy atom. The molecule has 0 aromatic carbocycles. The number of nitrogens with two attached hydrogens (primary N) is 1. The molecular weight excluding hydrogens is 222 g/mol. The van der Waals surface area contributed by atoms with E-state index in [9.17, 15) is 8.42 Å². The van der Waals surface area contributed by atoms with Gasteiger partial charge in [-0.3, -0.25) is 0 Å². The molecule has 0 atom stereocenters. The van der Waals surface area contributed by atoms with Crippen LogP contribution in [0.3, 0.4) is 0 Å². The van der Waals surface area contributed by atoms with Crippen molar-refractivity contribution in [1.82, 2.24) is 4.72 Å². The number of rotatable bonds is 8. The summed E-state index contributed by atoms with van der Waals surface area (Å²) in [5.74, 6) is 0.00592. The maximum absolute atomic E-state index is 11.3. The third-order valence-electron chi connectivity index (χ3n) is 1.59. The van der Waals surface area contributed by atoms with Gasteiger partial charge in [-0.15, -0.1) is 0 Å². The second-order valence-corrected chi connectivity index (χ2v) is 4.83. The predicted molar refractivity (Wildman–Crippen MR) is 56.3 cm³/mol. The van der Waals surface area contributed by atoms with Crippen molar-refractivity contribution in [2.45, 2.75) is 12.8 Å². The maximum atomic E-state index is 11.3. The van der Waals surface area contributed by atoms with E-state index in [2.05, 4.69) is 9.88 Å². The summed E-state index contributed by atoms with van der Waals surface area (Å²) in [4.78, 5) is 0. The molecule has 0 fully saturated rings. The summed E-state index contributed by atoms with van der Waals surface area (Å²) >= 11 is 0. The highest BCUT2D eigenvalue weighted by atomic mass is 32.2. The molecule has 0 aromatic heterocycles. The number of amidine groups is 1. The molecule has 0 bridgehead atoms. The number of methoxy groups -OCH3 is 1. The van der Waals surface area contributed by atoms with Crippen LogP contribution in [-0.4, -0.2) is 45.5 Å². The van der Waals surface area contributed by atoms with Gasteiger partial charge in [0, 0.05) is 26.7 Å². The lowest BCUT2D eigenvalue weighted by atomic mass is 10.4. The largest absolute Gasteiger partial charge is 0.409 e. The van der Waals surface area contributed by atoms with Crippen LogP contribution in [-0.2, 0) is 14.8 Å². The normalized spacial score (nSPS) is 13.0. The molecule has 0 aliphatic rings. The van der Waals surface area contributed by atoms with Crippen LogP contribution in [0.25, 0.3) is 0 Å². The molecule has 0 radical (unpaired) electrons. The number of hydrogen-bond donors (Lipinski definition) is 3. The highest BCUT2D eigenvalue weighted by Crippen LogP contribution is 1.90. The molecule has 7 nitrogen and oxygen atoms in total. The summed E-state index contributed by atoms with van der Waals surface area (Å²) in [5.41, 5.74) is 5.17. The number of nitrogens with one attached hydrogen (secondary N) is 1. The Bertz CT molecular complexity index is 289. The minimum Gasteiger partial charge on any atom is -0.409 e. The molecule has 0 saturated heterocycles. The van der Waals surface area contributed by atoms with Crippen molar-refractivity contribution in [1.29, 1.82) is 0 Å². The molecule has 0 aromatic rings. The second kappa shape index (κ2) is 7.43. The first-order valence-electron chi connectivity index (χ1n) is 4.44. The highest BCUT2D eigenvalue weighted by molar-refractivity contribution is 7.89. The summed E-state index contributed by atoms with van der Waals surface area (Å²) in [6.45, 7) is 0.534. The van der Waals surface area contributed by atoms with Crippen molar-refractivity contribution in [3.05, 3.63) is 0 Å². The van der Waals surface area contributed by atoms with Gasteiger partial charge < -0.3 is 15.7 Å². The van der Waals surface area contributed by atoms with E-state index in [4.69, 9.17) is 15.7 Å². The SMILES string of the molecule is COCCCS(=O)(=O)NCCC(N)=NO. The summed E-state index contributed by atoms with van der Waals surface area (Å²) in [7, 11) is -1.77. The van der Waals surface area contributed by atoms with E-state index in [0.717, 1.165) is 0 Å². The lowest BCUT2D eigenvalue weighted by molar-refractivity contribution is 0.199. The lowest BCUT2D eigenvalue weighted by Crippen LogP contribution is -2.30. The van der Waals surface area contributed by atoms with E-state index in [0.29, 0.717) is 13.0 Å². The quantitative estimate of drug-likeness (QED) is 0.167. The summed E-state index contributed by atoms with van der Waals surface area (Å²) in [6, 6.07) is 0. The molecule has 0 aliphatic heterocycles. The fourth-order valence-corrected chi connectivity index (χ4v) is 1.91. The van der Waals surface area contributed by atoms with E-state index in [1.807, 2.05) is 0 Å². The zero-order valence-electron chi connectivity index (χ0n) is 8.64. The third kappa shape index (κ3) is 8.16. The van der Waals surface area contributed by atoms with Crippen molar-refractivity contribution in [3.8, 4) is 0 Å². The first-order chi connectivity index (χ1) is 7.02. The van der Waals surface area contributed by atoms with Gasteiger partial charge >= 0.3 is 0 Å². The van der Waals surface area contributed by atoms with E-state index in [-0.39, 0.29) is 24.6 Å². The molecule has 0 unspecified atom stereocenters. The molecule has 0 heterocycles. The smallest absolute Gasteiger partial charge is 0.211 e. The standard InChI is InChI=1S/C7H17N3O4S/c1-14-5-2-6-15(12,13)9-4-3-7(8)10-11/h9,11H,2-6H2,1H3,(H2,8,10). The number of hydrogen-bond acceptors (Lipinski definition) is 5. The Hall–Kier alpha value is -0.860. The molecule has 0 amide bonds. The molecule has 90 valence electrons. The molecule has 8 heteroatoms. The van der Waals surface area contributed by atoms with Gasteiger partial charge in [0.2, 0.25) is 10.0 Å². The van der Waals surface area contributed by atoms with Crippen molar-refractivity contribution in [2.24, 2.45) is 10.9 Å². The molecule has 0 spiro atoms. The van der Waals surface area contributed by atoms with Crippen molar-refractivity contribution < 1.29 is 18.4 Å². The Morgan fingerprint density at radius 3 is 2.80 bits per heavy atom. The van der Waals surface area contributed by atoms with E-state index in [1.165, 1.54) is 7.11 Å². The van der Waals surface area contributed by atoms with Gasteiger partial charge in [0.05, 0.1) is 5.75 Å². The van der Waals surface area contributed by atoms with Gasteiger partial charge in [0.1, 0.15) is 5.84 Å². The maximum Gasteiger partial charge on any atom is 0.211 e. The average Bonchev–Trinajstić information content (AvgIpc) is 2.17. The Balaban J connectivity index is 3.75. The van der Waals surface area contributed by atoms with Crippen molar-refractivity contribution >= 4 is 15.9 Å². The topological polar surface area (TPSA) is 114 Å². The van der Waals surface area contributed by atoms with Crippen molar-refractivity contribution in [3.63, 3.8) is 0 Å². The van der Waals surface area contributed by atoms with Gasteiger partial charge in [0.15, 0.2) is 0 Å². The monoisotopic (exact) mass is 239 g/mol. The number of sulfonamides is 1. The Morgan fingerprint density at radius 1 is 1.60 bits per heavy atom. The van der Waals surface area contributed by atoms with Gasteiger partial charge in [0.25, 0.3) is 0 Å². The number of ether oxygens (including phenoxy) is 1. The lowest BCUT2D eigenvalue weighted by Gasteiger charge is -2.05.